The van der Waals surface area contributed by atoms with Crippen LogP contribution in [0.25, 0.3) is 0 Å². The Hall–Kier alpha value is -2.13. The van der Waals surface area contributed by atoms with Crippen LogP contribution < -0.4 is 10.4 Å². The van der Waals surface area contributed by atoms with Gasteiger partial charge in [0.15, 0.2) is 0 Å². The normalized spacial score (nSPS) is 23.0. The first-order valence-corrected chi connectivity index (χ1v) is 9.64. The lowest BCUT2D eigenvalue weighted by Crippen LogP contribution is -2.41. The molecular weight excluding hydrogens is 336 g/mol. The molecule has 2 aliphatic rings. The van der Waals surface area contributed by atoms with Crippen LogP contribution in [0.1, 0.15) is 54.5 Å². The molecule has 0 aliphatic heterocycles. The van der Waals surface area contributed by atoms with Crippen LogP contribution in [0.2, 0.25) is 0 Å². The molecule has 0 fully saturated rings. The van der Waals surface area contributed by atoms with Crippen molar-refractivity contribution in [3.8, 4) is 6.07 Å². The SMILES string of the molecule is N#Cc1c(NC(=O)[C@@H]2CC=CC[C@@H]2C(=O)[O-])sc2c1CCCCCC2. The zero-order valence-electron chi connectivity index (χ0n) is 14.0. The monoisotopic (exact) mass is 357 g/mol. The molecular formula is C19H21N2O3S-. The minimum atomic E-state index is -1.19. The Kier molecular flexibility index (Phi) is 5.54. The zero-order valence-corrected chi connectivity index (χ0v) is 14.9. The number of allylic oxidation sites excluding steroid dienone is 2. The second-order valence-corrected chi connectivity index (χ2v) is 7.80. The van der Waals surface area contributed by atoms with E-state index in [0.717, 1.165) is 31.2 Å². The lowest BCUT2D eigenvalue weighted by atomic mass is 9.82. The number of amides is 1. The number of carbonyl (C=O) groups excluding carboxylic acids is 2. The summed E-state index contributed by atoms with van der Waals surface area (Å²) in [6, 6.07) is 2.25. The van der Waals surface area contributed by atoms with Crippen molar-refractivity contribution in [1.82, 2.24) is 0 Å². The summed E-state index contributed by atoms with van der Waals surface area (Å²) in [5.41, 5.74) is 1.63. The summed E-state index contributed by atoms with van der Waals surface area (Å²) >= 11 is 1.48. The van der Waals surface area contributed by atoms with E-state index in [4.69, 9.17) is 0 Å². The van der Waals surface area contributed by atoms with Crippen molar-refractivity contribution in [2.75, 3.05) is 5.32 Å². The van der Waals surface area contributed by atoms with E-state index in [2.05, 4.69) is 11.4 Å². The van der Waals surface area contributed by atoms with Gasteiger partial charge in [0.2, 0.25) is 5.91 Å². The van der Waals surface area contributed by atoms with Gasteiger partial charge in [0.1, 0.15) is 11.1 Å². The lowest BCUT2D eigenvalue weighted by molar-refractivity contribution is -0.313. The Morgan fingerprint density at radius 3 is 2.48 bits per heavy atom. The number of carboxylic acids is 1. The number of nitrogens with zero attached hydrogens (tertiary/aromatic N) is 1. The second-order valence-electron chi connectivity index (χ2n) is 6.70. The number of nitriles is 1. The highest BCUT2D eigenvalue weighted by molar-refractivity contribution is 7.16. The van der Waals surface area contributed by atoms with Gasteiger partial charge in [0.05, 0.1) is 11.5 Å². The number of thiophene rings is 1. The van der Waals surface area contributed by atoms with Crippen molar-refractivity contribution in [2.45, 2.75) is 51.4 Å². The molecule has 6 heteroatoms. The summed E-state index contributed by atoms with van der Waals surface area (Å²) in [5, 5.41) is 24.3. The van der Waals surface area contributed by atoms with Crippen LogP contribution in [0.4, 0.5) is 5.00 Å². The average Bonchev–Trinajstić information content (AvgIpc) is 2.90. The van der Waals surface area contributed by atoms with Gasteiger partial charge in [-0.15, -0.1) is 11.3 Å². The molecule has 5 nitrogen and oxygen atoms in total. The van der Waals surface area contributed by atoms with E-state index in [1.165, 1.54) is 29.1 Å². The lowest BCUT2D eigenvalue weighted by Gasteiger charge is -2.28. The van der Waals surface area contributed by atoms with Gasteiger partial charge in [-0.05, 0) is 44.1 Å². The number of aliphatic carboxylic acids is 1. The third kappa shape index (κ3) is 3.77. The van der Waals surface area contributed by atoms with E-state index in [1.54, 1.807) is 6.08 Å². The van der Waals surface area contributed by atoms with Crippen molar-refractivity contribution >= 4 is 28.2 Å². The van der Waals surface area contributed by atoms with Gasteiger partial charge >= 0.3 is 0 Å². The summed E-state index contributed by atoms with van der Waals surface area (Å²) in [6.07, 6.45) is 10.7. The summed E-state index contributed by atoms with van der Waals surface area (Å²) in [7, 11) is 0. The Bertz CT molecular complexity index is 745. The van der Waals surface area contributed by atoms with Crippen molar-refractivity contribution < 1.29 is 14.7 Å². The quantitative estimate of drug-likeness (QED) is 0.841. The number of carbonyl (C=O) groups is 2. The molecule has 0 unspecified atom stereocenters. The number of carboxylic acid groups (broad SMARTS) is 1. The van der Waals surface area contributed by atoms with Crippen LogP contribution in [0.15, 0.2) is 12.2 Å². The topological polar surface area (TPSA) is 93.0 Å². The molecule has 0 saturated heterocycles. The van der Waals surface area contributed by atoms with Crippen LogP contribution in [0.5, 0.6) is 0 Å². The Morgan fingerprint density at radius 2 is 1.80 bits per heavy atom. The summed E-state index contributed by atoms with van der Waals surface area (Å²) < 4.78 is 0. The fourth-order valence-corrected chi connectivity index (χ4v) is 4.94. The molecule has 0 radical (unpaired) electrons. The molecule has 1 heterocycles. The van der Waals surface area contributed by atoms with Crippen molar-refractivity contribution in [3.05, 3.63) is 28.2 Å². The van der Waals surface area contributed by atoms with Crippen molar-refractivity contribution in [2.24, 2.45) is 11.8 Å². The average molecular weight is 357 g/mol. The molecule has 132 valence electrons. The molecule has 2 atom stereocenters. The largest absolute Gasteiger partial charge is 0.550 e. The maximum Gasteiger partial charge on any atom is 0.229 e. The van der Waals surface area contributed by atoms with Gasteiger partial charge in [-0.3, -0.25) is 4.79 Å². The van der Waals surface area contributed by atoms with Crippen LogP contribution in [-0.4, -0.2) is 11.9 Å². The Balaban J connectivity index is 1.83. The molecule has 1 aromatic rings. The molecule has 25 heavy (non-hydrogen) atoms. The molecule has 0 bridgehead atoms. The fourth-order valence-electron chi connectivity index (χ4n) is 3.69. The first-order valence-electron chi connectivity index (χ1n) is 8.83. The number of aryl methyl sites for hydroxylation is 1. The number of hydrogen-bond acceptors (Lipinski definition) is 5. The fraction of sp³-hybridized carbons (Fsp3) is 0.526. The molecule has 3 rings (SSSR count). The maximum absolute atomic E-state index is 12.7. The Morgan fingerprint density at radius 1 is 1.12 bits per heavy atom. The minimum Gasteiger partial charge on any atom is -0.550 e. The van der Waals surface area contributed by atoms with E-state index in [-0.39, 0.29) is 5.91 Å². The predicted molar refractivity (Wildman–Crippen MR) is 93.9 cm³/mol. The van der Waals surface area contributed by atoms with Crippen LogP contribution in [0.3, 0.4) is 0 Å². The number of rotatable bonds is 3. The van der Waals surface area contributed by atoms with E-state index in [0.29, 0.717) is 23.4 Å². The highest BCUT2D eigenvalue weighted by Gasteiger charge is 2.31. The standard InChI is InChI=1S/C19H22N2O3S/c20-11-15-12-7-3-1-2-4-10-16(12)25-18(15)21-17(22)13-8-5-6-9-14(13)19(23)24/h5-6,13-14H,1-4,7-10H2,(H,21,22)(H,23,24)/p-1/t13-,14+/m1/s1. The number of nitrogens with one attached hydrogen (secondary N) is 1. The molecule has 2 aliphatic carbocycles. The highest BCUT2D eigenvalue weighted by atomic mass is 32.1. The third-order valence-corrected chi connectivity index (χ3v) is 6.30. The molecule has 0 saturated carbocycles. The maximum atomic E-state index is 12.7. The molecule has 0 aromatic carbocycles. The van der Waals surface area contributed by atoms with Gasteiger partial charge < -0.3 is 15.2 Å². The molecule has 1 N–H and O–H groups in total. The van der Waals surface area contributed by atoms with Crippen molar-refractivity contribution in [3.63, 3.8) is 0 Å². The Labute approximate surface area is 151 Å². The van der Waals surface area contributed by atoms with E-state index in [1.807, 2.05) is 6.08 Å². The van der Waals surface area contributed by atoms with Gasteiger partial charge in [0.25, 0.3) is 0 Å². The summed E-state index contributed by atoms with van der Waals surface area (Å²) in [5.74, 6) is -2.98. The van der Waals surface area contributed by atoms with Crippen LogP contribution in [0, 0.1) is 23.2 Å². The summed E-state index contributed by atoms with van der Waals surface area (Å²) in [4.78, 5) is 25.2. The third-order valence-electron chi connectivity index (χ3n) is 5.09. The van der Waals surface area contributed by atoms with Gasteiger partial charge in [-0.1, -0.05) is 25.0 Å². The zero-order chi connectivity index (χ0) is 17.8. The first kappa shape index (κ1) is 17.7. The number of fused-ring (bicyclic) bond motifs is 1. The first-order chi connectivity index (χ1) is 12.1. The van der Waals surface area contributed by atoms with Crippen LogP contribution in [-0.2, 0) is 22.4 Å². The van der Waals surface area contributed by atoms with Gasteiger partial charge in [-0.2, -0.15) is 5.26 Å². The molecule has 0 spiro atoms. The van der Waals surface area contributed by atoms with E-state index < -0.39 is 17.8 Å². The minimum absolute atomic E-state index is 0.312. The van der Waals surface area contributed by atoms with Crippen molar-refractivity contribution in [1.29, 1.82) is 5.26 Å². The highest BCUT2D eigenvalue weighted by Crippen LogP contribution is 2.37. The second kappa shape index (κ2) is 7.83. The molecule has 1 amide bonds. The smallest absolute Gasteiger partial charge is 0.229 e. The predicted octanol–water partition coefficient (Wildman–Crippen LogP) is 2.55. The summed E-state index contributed by atoms with van der Waals surface area (Å²) in [6.45, 7) is 0. The molecule has 1 aromatic heterocycles. The number of hydrogen-bond donors (Lipinski definition) is 1. The van der Waals surface area contributed by atoms with E-state index in [9.17, 15) is 20.0 Å². The van der Waals surface area contributed by atoms with Crippen LogP contribution >= 0.6 is 11.3 Å². The number of anilines is 1. The van der Waals surface area contributed by atoms with Gasteiger partial charge in [0, 0.05) is 16.8 Å². The van der Waals surface area contributed by atoms with Gasteiger partial charge in [-0.25, -0.2) is 0 Å². The van der Waals surface area contributed by atoms with E-state index >= 15 is 0 Å².